The summed E-state index contributed by atoms with van der Waals surface area (Å²) in [6.07, 6.45) is 0.897. The summed E-state index contributed by atoms with van der Waals surface area (Å²) in [5.74, 6) is -21.3. The number of cyclic esters (lactones) is 1. The maximum atomic E-state index is 16.1. The van der Waals surface area contributed by atoms with E-state index in [4.69, 9.17) is 10.5 Å². The number of carbonyl (C=O) groups is 21. The quantitative estimate of drug-likeness (QED) is 0.0595. The van der Waals surface area contributed by atoms with Gasteiger partial charge in [0.05, 0.1) is 31.6 Å². The zero-order chi connectivity index (χ0) is 107. The number of carbonyl (C=O) groups excluding carboxylic acids is 18. The highest BCUT2D eigenvalue weighted by Gasteiger charge is 2.53. The van der Waals surface area contributed by atoms with Crippen molar-refractivity contribution in [2.45, 2.75) is 298 Å². The number of carboxylic acid groups (broad SMARTS) is 3. The van der Waals surface area contributed by atoms with Crippen LogP contribution < -0.4 is 85.5 Å². The summed E-state index contributed by atoms with van der Waals surface area (Å²) in [5.41, 5.74) is -2.06. The van der Waals surface area contributed by atoms with Crippen LogP contribution in [0.25, 0.3) is 10.1 Å². The summed E-state index contributed by atoms with van der Waals surface area (Å²) in [6, 6.07) is -2.68. The van der Waals surface area contributed by atoms with Crippen molar-refractivity contribution >= 4 is 169 Å². The molecule has 46 heteroatoms. The molecule has 2 aromatic carbocycles. The van der Waals surface area contributed by atoms with E-state index in [9.17, 15) is 72.9 Å². The molecule has 5 aliphatic heterocycles. The smallest absolute Gasteiger partial charge is 0.409 e. The predicted molar refractivity (Wildman–Crippen MR) is 536 cm³/mol. The fourth-order valence-corrected chi connectivity index (χ4v) is 20.5. The van der Waals surface area contributed by atoms with Gasteiger partial charge in [-0.05, 0) is 227 Å². The molecule has 0 saturated carbocycles. The molecule has 146 heavy (non-hydrogen) atoms. The molecule has 3 saturated heterocycles. The van der Waals surface area contributed by atoms with Crippen LogP contribution in [0.5, 0.6) is 0 Å². The highest BCUT2D eigenvalue weighted by atomic mass is 32.1. The van der Waals surface area contributed by atoms with Crippen LogP contribution in [0.15, 0.2) is 112 Å². The Kier molecular flexibility index (Phi) is 40.7. The number of hydrogen-bond acceptors (Lipinski definition) is 25. The Labute approximate surface area is 855 Å². The summed E-state index contributed by atoms with van der Waals surface area (Å²) in [5, 5.41) is 80.5. The third-order valence-corrected chi connectivity index (χ3v) is 28.7. The Morgan fingerprint density at radius 1 is 0.534 bits per heavy atom. The van der Waals surface area contributed by atoms with Gasteiger partial charge in [0.25, 0.3) is 0 Å². The SMILES string of the molecule is CC(=O)N1CCC[C@]12C/C=C\CCC[C@@]1(CCC/C=C\CCCOC(=O)N3CC[C@@]4(C3)NC(=O)[C@H](CCCCNC(=O)CC[C@@H](C(=O)N[C@@H](C)C(N)=O)NC(=O)[C@H](Cc3csc5ccccc35)NC(=O)[C@H](Cc3ccsc3)NC4=O)NC(=O)[C@H](Cc3ccsc3)NC(=O)[C@H](C)NC(=O)C(C)(C)NC(=O)[C@H](Cc3cccc(C(=O)O)c3)NC(=O)[C@H](CC(=O)O)NC1=O)NC(=O)[C@H](CC(C)(C)C)NC(=O)[C@H](CC(=O)O)NC2=O. The van der Waals surface area contributed by atoms with Crippen molar-refractivity contribution in [1.82, 2.24) is 89.6 Å². The van der Waals surface area contributed by atoms with Crippen LogP contribution in [0, 0.1) is 5.41 Å². The lowest BCUT2D eigenvalue weighted by Crippen LogP contribution is -2.66. The number of nitrogens with zero attached hydrogens (tertiary/aromatic N) is 2. The van der Waals surface area contributed by atoms with Gasteiger partial charge in [0.1, 0.15) is 88.6 Å². The third kappa shape index (κ3) is 32.2. The Hall–Kier alpha value is -14.0. The van der Waals surface area contributed by atoms with E-state index in [2.05, 4.69) is 79.8 Å². The first-order valence-electron chi connectivity index (χ1n) is 48.8. The first-order valence-corrected chi connectivity index (χ1v) is 51.5. The molecule has 0 aliphatic carbocycles. The van der Waals surface area contributed by atoms with Crippen molar-refractivity contribution in [2.75, 3.05) is 32.8 Å². The molecule has 20 N–H and O–H groups in total. The van der Waals surface area contributed by atoms with Crippen molar-refractivity contribution in [1.29, 1.82) is 0 Å². The number of thiophene rings is 3. The second kappa shape index (κ2) is 52.1. The van der Waals surface area contributed by atoms with Crippen LogP contribution in [0.3, 0.4) is 0 Å². The van der Waals surface area contributed by atoms with Crippen LogP contribution in [0.4, 0.5) is 4.79 Å². The number of primary amides is 1. The molecule has 5 aromatic rings. The number of nitrogens with two attached hydrogens (primary N) is 1. The Morgan fingerprint density at radius 2 is 1.09 bits per heavy atom. The Morgan fingerprint density at radius 3 is 1.71 bits per heavy atom. The molecule has 5 aliphatic rings. The number of nitrogens with one attached hydrogen (secondary N) is 15. The number of aliphatic carboxylic acids is 2. The molecule has 3 bridgehead atoms. The largest absolute Gasteiger partial charge is 0.481 e. The summed E-state index contributed by atoms with van der Waals surface area (Å²) >= 11 is 3.84. The molecular formula is C100H132N18O25S3. The second-order valence-corrected chi connectivity index (χ2v) is 41.9. The number of benzene rings is 2. The van der Waals surface area contributed by atoms with Crippen molar-refractivity contribution in [3.8, 4) is 0 Å². The van der Waals surface area contributed by atoms with E-state index >= 15 is 43.2 Å². The Balaban J connectivity index is 1.04. The van der Waals surface area contributed by atoms with Crippen LogP contribution in [-0.2, 0) is 122 Å². The summed E-state index contributed by atoms with van der Waals surface area (Å²) in [4.78, 5) is 308. The third-order valence-electron chi connectivity index (χ3n) is 26.2. The molecule has 790 valence electrons. The maximum Gasteiger partial charge on any atom is 0.409 e. The number of aromatic carboxylic acids is 1. The minimum Gasteiger partial charge on any atom is -0.481 e. The lowest BCUT2D eigenvalue weighted by molar-refractivity contribution is -0.146. The van der Waals surface area contributed by atoms with Crippen LogP contribution >= 0.6 is 34.0 Å². The number of allylic oxidation sites excluding steroid dienone is 3. The lowest BCUT2D eigenvalue weighted by Gasteiger charge is -2.38. The summed E-state index contributed by atoms with van der Waals surface area (Å²) < 4.78 is 6.71. The van der Waals surface area contributed by atoms with Gasteiger partial charge in [-0.1, -0.05) is 75.4 Å². The zero-order valence-electron chi connectivity index (χ0n) is 82.8. The molecular weight excluding hydrogens is 1950 g/mol. The number of hydrogen-bond donors (Lipinski definition) is 19. The van der Waals surface area contributed by atoms with Gasteiger partial charge >= 0.3 is 24.0 Å². The van der Waals surface area contributed by atoms with Gasteiger partial charge in [-0.2, -0.15) is 22.7 Å². The van der Waals surface area contributed by atoms with E-state index in [1.54, 1.807) is 90.2 Å². The van der Waals surface area contributed by atoms with Gasteiger partial charge in [-0.15, -0.1) is 11.3 Å². The van der Waals surface area contributed by atoms with Crippen molar-refractivity contribution in [2.24, 2.45) is 11.1 Å². The summed E-state index contributed by atoms with van der Waals surface area (Å²) in [7, 11) is 0. The van der Waals surface area contributed by atoms with Crippen molar-refractivity contribution < 1.29 is 121 Å². The number of likely N-dealkylation sites (tertiary alicyclic amines) is 1. The first-order chi connectivity index (χ1) is 69.2. The standard InChI is InChI=1S/C100H132N18O25S3/c1-57(79(101)125)103-81(127)67-30-31-76(120)102-39-21-17-28-66-87(133)116-99(93(140)111-69(48-62-33-44-145-54-62)83(129)109-71(84(130)106-67)49-64-55-146-75-29-16-15-27-65(64)75)38-41-117(56-99)95(142)143-42-22-14-10-9-11-18-34-98(35-19-12-13-20-36-100(37-24-40-118(100)59(3)119)94(141)113-73(51-78(123)124)86(132)110-74(89(135)115-98)52-96(4,5)6)92(139)112-72(50-77(121)122)85(131)108-70(46-60-25-23-26-63(45-60)90(136)137)88(134)114-97(7,8)91(138)104-58(2)80(126)107-68(82(128)105-66)47-61-32-43-144-53-61/h9-10,13,15-16,20,23,25-27,29,32-33,43-45,53-55,57-58,66-74H,11-12,14,17-19,21-22,24,28,30-31,34-42,46-52,56H2,1-8H3,(H2,101,125)(H,102,120)(H,103,127)(H,104,138)(H,105,128)(H,106,130)(H,107,126)(H,108,131)(H,109,129)(H,110,132)(H,111,140)(H,112,139)(H,113,141)(H,114,134)(H,115,135)(H,116,133)(H,121,122)(H,123,124)(H,136,137)/b10-9-,20-13-/t57-,58-,66-,67-,68-,69-,70-,71-,72-,73-,74-,98+,99-,100-/m0/s1. The number of fused-ring (bicyclic) bond motifs is 4. The predicted octanol–water partition coefficient (Wildman–Crippen LogP) is 2.80. The number of rotatable bonds is 17. The highest BCUT2D eigenvalue weighted by molar-refractivity contribution is 7.17. The maximum absolute atomic E-state index is 16.1. The van der Waals surface area contributed by atoms with Gasteiger partial charge in [-0.25, -0.2) is 9.59 Å². The van der Waals surface area contributed by atoms with E-state index in [0.717, 1.165) is 15.0 Å². The topological polar surface area (TPSA) is 641 Å². The molecule has 3 fully saturated rings. The highest BCUT2D eigenvalue weighted by Crippen LogP contribution is 2.36. The van der Waals surface area contributed by atoms with E-state index in [1.807, 2.05) is 18.2 Å². The molecule has 18 amide bonds. The monoisotopic (exact) mass is 2080 g/mol. The van der Waals surface area contributed by atoms with Crippen LogP contribution in [0.1, 0.15) is 216 Å². The molecule has 0 radical (unpaired) electrons. The molecule has 14 atom stereocenters. The molecule has 10 rings (SSSR count). The number of carboxylic acids is 3. The number of ether oxygens (including phenoxy) is 1. The lowest BCUT2D eigenvalue weighted by atomic mass is 9.83. The minimum atomic E-state index is -2.22. The first kappa shape index (κ1) is 114. The fraction of sp³-hybridized carbons (Fsp3) is 0.530. The van der Waals surface area contributed by atoms with Gasteiger partial charge in [0.15, 0.2) is 0 Å². The van der Waals surface area contributed by atoms with E-state index in [-0.39, 0.29) is 159 Å². The molecule has 3 aromatic heterocycles. The molecule has 3 spiro atoms. The average molecular weight is 2080 g/mol. The molecule has 0 unspecified atom stereocenters. The normalized spacial score (nSPS) is 26.8. The van der Waals surface area contributed by atoms with Crippen molar-refractivity contribution in [3.05, 3.63) is 140 Å². The van der Waals surface area contributed by atoms with Crippen molar-refractivity contribution in [3.63, 3.8) is 0 Å². The van der Waals surface area contributed by atoms with Gasteiger partial charge in [0.2, 0.25) is 100 Å². The van der Waals surface area contributed by atoms with Gasteiger partial charge in [-0.3, -0.25) is 91.1 Å². The zero-order valence-corrected chi connectivity index (χ0v) is 85.3. The minimum absolute atomic E-state index is 0.00142. The van der Waals surface area contributed by atoms with Crippen LogP contribution in [-0.4, -0.2) is 271 Å². The molecule has 8 heterocycles. The van der Waals surface area contributed by atoms with Gasteiger partial charge in [0, 0.05) is 63.4 Å². The fourth-order valence-electron chi connectivity index (χ4n) is 18.1. The Bertz CT molecular complexity index is 5700. The second-order valence-electron chi connectivity index (χ2n) is 39.4. The summed E-state index contributed by atoms with van der Waals surface area (Å²) in [6.45, 7) is 10.2. The number of amides is 18. The van der Waals surface area contributed by atoms with Crippen LogP contribution in [0.2, 0.25) is 0 Å². The average Bonchev–Trinajstić information content (AvgIpc) is 1.54. The molecule has 43 nitrogen and oxygen atoms in total. The van der Waals surface area contributed by atoms with E-state index < -0.39 is 251 Å². The van der Waals surface area contributed by atoms with E-state index in [0.29, 0.717) is 23.1 Å². The van der Waals surface area contributed by atoms with E-state index in [1.165, 1.54) is 97.8 Å². The van der Waals surface area contributed by atoms with Gasteiger partial charge < -0.3 is 115 Å².